The smallest absolute Gasteiger partial charge is 0.163 e. The van der Waals surface area contributed by atoms with Crippen LogP contribution in [-0.4, -0.2) is 23.1 Å². The highest BCUT2D eigenvalue weighted by Crippen LogP contribution is 2.20. The summed E-state index contributed by atoms with van der Waals surface area (Å²) in [7, 11) is 0. The summed E-state index contributed by atoms with van der Waals surface area (Å²) in [4.78, 5) is 9.14. The molecule has 26 heavy (non-hydrogen) atoms. The van der Waals surface area contributed by atoms with Crippen LogP contribution in [0.5, 0.6) is 0 Å². The second-order valence-corrected chi connectivity index (χ2v) is 5.77. The number of nitrogens with zero attached hydrogens (tertiary/aromatic N) is 2. The number of anilines is 2. The molecule has 3 rings (SSSR count). The summed E-state index contributed by atoms with van der Waals surface area (Å²) in [6, 6.07) is 18.4. The van der Waals surface area contributed by atoms with Crippen LogP contribution in [0.2, 0.25) is 0 Å². The minimum atomic E-state index is -0.185. The predicted molar refractivity (Wildman–Crippen MR) is 105 cm³/mol. The van der Waals surface area contributed by atoms with Gasteiger partial charge in [0.2, 0.25) is 0 Å². The van der Waals surface area contributed by atoms with Gasteiger partial charge in [0.05, 0.1) is 0 Å². The van der Waals surface area contributed by atoms with Gasteiger partial charge < -0.3 is 10.6 Å². The predicted octanol–water partition coefficient (Wildman–Crippen LogP) is 4.54. The second kappa shape index (κ2) is 8.76. The number of hydrogen-bond donors (Lipinski definition) is 2. The van der Waals surface area contributed by atoms with Gasteiger partial charge in [0.1, 0.15) is 17.5 Å². The quantitative estimate of drug-likeness (QED) is 0.587. The minimum absolute atomic E-state index is 0.185. The fourth-order valence-corrected chi connectivity index (χ4v) is 2.55. The van der Waals surface area contributed by atoms with Gasteiger partial charge >= 0.3 is 0 Å². The molecular formula is C21H21FN4. The highest BCUT2D eigenvalue weighted by molar-refractivity contribution is 5.61. The van der Waals surface area contributed by atoms with Crippen molar-refractivity contribution in [1.29, 1.82) is 0 Å². The lowest BCUT2D eigenvalue weighted by Gasteiger charge is -2.11. The number of halogens is 1. The molecule has 1 aromatic heterocycles. The summed E-state index contributed by atoms with van der Waals surface area (Å²) >= 11 is 0. The zero-order valence-electron chi connectivity index (χ0n) is 14.5. The van der Waals surface area contributed by atoms with E-state index < -0.39 is 0 Å². The molecule has 0 aliphatic rings. The third-order valence-electron chi connectivity index (χ3n) is 3.84. The molecule has 0 atom stereocenters. The van der Waals surface area contributed by atoms with E-state index in [4.69, 9.17) is 0 Å². The summed E-state index contributed by atoms with van der Waals surface area (Å²) in [6.07, 6.45) is 2.35. The first-order valence-corrected chi connectivity index (χ1v) is 8.53. The minimum Gasteiger partial charge on any atom is -0.370 e. The first-order valence-electron chi connectivity index (χ1n) is 8.53. The normalized spacial score (nSPS) is 10.3. The van der Waals surface area contributed by atoms with Crippen LogP contribution in [0.15, 0.2) is 73.3 Å². The molecule has 0 saturated carbocycles. The van der Waals surface area contributed by atoms with Gasteiger partial charge in [0.25, 0.3) is 0 Å². The molecule has 2 aromatic carbocycles. The fraction of sp³-hybridized carbons (Fsp3) is 0.143. The Morgan fingerprint density at radius 2 is 1.62 bits per heavy atom. The molecule has 1 heterocycles. The first-order chi connectivity index (χ1) is 12.8. The van der Waals surface area contributed by atoms with Crippen LogP contribution in [-0.2, 0) is 6.42 Å². The molecule has 0 radical (unpaired) electrons. The van der Waals surface area contributed by atoms with Crippen molar-refractivity contribution >= 4 is 11.6 Å². The summed E-state index contributed by atoms with van der Waals surface area (Å²) in [5, 5.41) is 6.46. The molecular weight excluding hydrogens is 327 g/mol. The largest absolute Gasteiger partial charge is 0.370 e. The maximum atomic E-state index is 13.7. The molecule has 0 amide bonds. The Bertz CT molecular complexity index is 865. The topological polar surface area (TPSA) is 49.8 Å². The van der Waals surface area contributed by atoms with Crippen LogP contribution in [0, 0.1) is 5.82 Å². The molecule has 0 unspecified atom stereocenters. The Labute approximate surface area is 152 Å². The Morgan fingerprint density at radius 3 is 2.35 bits per heavy atom. The van der Waals surface area contributed by atoms with Crippen molar-refractivity contribution in [2.45, 2.75) is 6.42 Å². The lowest BCUT2D eigenvalue weighted by atomic mass is 10.1. The van der Waals surface area contributed by atoms with Crippen LogP contribution >= 0.6 is 0 Å². The summed E-state index contributed by atoms with van der Waals surface area (Å²) in [5.74, 6) is 1.86. The van der Waals surface area contributed by atoms with Crippen LogP contribution in [0.1, 0.15) is 5.56 Å². The fourth-order valence-electron chi connectivity index (χ4n) is 2.55. The number of rotatable bonds is 8. The maximum Gasteiger partial charge on any atom is 0.163 e. The van der Waals surface area contributed by atoms with E-state index in [9.17, 15) is 4.39 Å². The number of nitrogens with one attached hydrogen (secondary N) is 2. The summed E-state index contributed by atoms with van der Waals surface area (Å²) in [6.45, 7) is 4.90. The average molecular weight is 348 g/mol. The lowest BCUT2D eigenvalue weighted by molar-refractivity contribution is 0.610. The standard InChI is InChI=1S/C21H21FN4/c1-2-13-23-19-15-20(24-14-12-16-8-6-7-11-18(16)22)26-21(25-19)17-9-4-3-5-10-17/h2-11,15H,1,12-14H2,(H2,23,24,25,26). The van der Waals surface area contributed by atoms with E-state index >= 15 is 0 Å². The molecule has 2 N–H and O–H groups in total. The van der Waals surface area contributed by atoms with Crippen LogP contribution in [0.3, 0.4) is 0 Å². The molecule has 0 aliphatic carbocycles. The van der Waals surface area contributed by atoms with Crippen molar-refractivity contribution in [3.05, 3.63) is 84.7 Å². The SMILES string of the molecule is C=CCNc1cc(NCCc2ccccc2F)nc(-c2ccccc2)n1. The van der Waals surface area contributed by atoms with Crippen LogP contribution in [0.25, 0.3) is 11.4 Å². The molecule has 4 nitrogen and oxygen atoms in total. The number of benzene rings is 2. The van der Waals surface area contributed by atoms with E-state index in [1.807, 2.05) is 42.5 Å². The van der Waals surface area contributed by atoms with Crippen molar-refractivity contribution in [2.75, 3.05) is 23.7 Å². The van der Waals surface area contributed by atoms with E-state index in [1.54, 1.807) is 18.2 Å². The monoisotopic (exact) mass is 348 g/mol. The van der Waals surface area contributed by atoms with E-state index in [2.05, 4.69) is 27.2 Å². The zero-order valence-corrected chi connectivity index (χ0v) is 14.5. The van der Waals surface area contributed by atoms with E-state index in [-0.39, 0.29) is 5.82 Å². The highest BCUT2D eigenvalue weighted by Gasteiger charge is 2.07. The van der Waals surface area contributed by atoms with Gasteiger partial charge in [-0.25, -0.2) is 14.4 Å². The first kappa shape index (κ1) is 17.6. The van der Waals surface area contributed by atoms with E-state index in [1.165, 1.54) is 6.07 Å². The molecule has 3 aromatic rings. The Balaban J connectivity index is 1.76. The number of hydrogen-bond acceptors (Lipinski definition) is 4. The molecule has 132 valence electrons. The van der Waals surface area contributed by atoms with Gasteiger partial charge in [-0.15, -0.1) is 6.58 Å². The van der Waals surface area contributed by atoms with Crippen molar-refractivity contribution in [1.82, 2.24) is 9.97 Å². The van der Waals surface area contributed by atoms with Gasteiger partial charge in [-0.2, -0.15) is 0 Å². The second-order valence-electron chi connectivity index (χ2n) is 5.77. The molecule has 0 spiro atoms. The summed E-state index contributed by atoms with van der Waals surface area (Å²) in [5.41, 5.74) is 1.62. The third kappa shape index (κ3) is 4.66. The van der Waals surface area contributed by atoms with Crippen molar-refractivity contribution in [3.8, 4) is 11.4 Å². The van der Waals surface area contributed by atoms with Gasteiger partial charge in [-0.3, -0.25) is 0 Å². The third-order valence-corrected chi connectivity index (χ3v) is 3.84. The van der Waals surface area contributed by atoms with Gasteiger partial charge in [0.15, 0.2) is 5.82 Å². The van der Waals surface area contributed by atoms with Crippen LogP contribution in [0.4, 0.5) is 16.0 Å². The Kier molecular flexibility index (Phi) is 5.93. The lowest BCUT2D eigenvalue weighted by Crippen LogP contribution is -2.10. The molecule has 0 saturated heterocycles. The van der Waals surface area contributed by atoms with Crippen molar-refractivity contribution in [3.63, 3.8) is 0 Å². The van der Waals surface area contributed by atoms with Gasteiger partial charge in [0, 0.05) is 24.7 Å². The molecule has 0 fully saturated rings. The molecule has 0 aliphatic heterocycles. The molecule has 0 bridgehead atoms. The number of aromatic nitrogens is 2. The highest BCUT2D eigenvalue weighted by atomic mass is 19.1. The maximum absolute atomic E-state index is 13.7. The zero-order chi connectivity index (χ0) is 18.2. The Morgan fingerprint density at radius 1 is 0.923 bits per heavy atom. The van der Waals surface area contributed by atoms with Gasteiger partial charge in [-0.1, -0.05) is 54.6 Å². The molecule has 5 heteroatoms. The summed E-state index contributed by atoms with van der Waals surface area (Å²) < 4.78 is 13.7. The van der Waals surface area contributed by atoms with Crippen LogP contribution < -0.4 is 10.6 Å². The van der Waals surface area contributed by atoms with E-state index in [0.29, 0.717) is 42.5 Å². The Hall–Kier alpha value is -3.21. The van der Waals surface area contributed by atoms with E-state index in [0.717, 1.165) is 5.56 Å². The average Bonchev–Trinajstić information content (AvgIpc) is 2.68. The van der Waals surface area contributed by atoms with Crippen molar-refractivity contribution in [2.24, 2.45) is 0 Å². The van der Waals surface area contributed by atoms with Gasteiger partial charge in [-0.05, 0) is 18.1 Å². The van der Waals surface area contributed by atoms with Crippen molar-refractivity contribution < 1.29 is 4.39 Å².